The Morgan fingerprint density at radius 1 is 1.22 bits per heavy atom. The molecule has 6 heteroatoms. The Hall–Kier alpha value is -2.24. The second-order valence-corrected chi connectivity index (χ2v) is 4.25. The van der Waals surface area contributed by atoms with Crippen LogP contribution in [0.15, 0.2) is 24.3 Å². The maximum absolute atomic E-state index is 12.1. The molecule has 0 bridgehead atoms. The highest BCUT2D eigenvalue weighted by molar-refractivity contribution is 6.11. The molecule has 0 fully saturated rings. The molecule has 0 heterocycles. The summed E-state index contributed by atoms with van der Waals surface area (Å²) >= 11 is 0. The van der Waals surface area contributed by atoms with Gasteiger partial charge in [-0.1, -0.05) is 0 Å². The minimum atomic E-state index is -1.31. The summed E-state index contributed by atoms with van der Waals surface area (Å²) in [6.07, 6.45) is 0. The molecule has 96 valence electrons. The minimum absolute atomic E-state index is 0.109. The standard InChI is InChI=1S/C12H13NO5/c1-12(2,11(15)18-3)10(14)8-4-6-9(7-5-8)13(16)17/h4-7H,1-3H3. The van der Waals surface area contributed by atoms with Gasteiger partial charge >= 0.3 is 5.97 Å². The van der Waals surface area contributed by atoms with Crippen molar-refractivity contribution in [2.24, 2.45) is 5.41 Å². The van der Waals surface area contributed by atoms with Crippen molar-refractivity contribution < 1.29 is 19.2 Å². The van der Waals surface area contributed by atoms with Crippen molar-refractivity contribution in [1.82, 2.24) is 0 Å². The van der Waals surface area contributed by atoms with Gasteiger partial charge in [-0.05, 0) is 26.0 Å². The predicted octanol–water partition coefficient (Wildman–Crippen LogP) is 1.98. The van der Waals surface area contributed by atoms with Gasteiger partial charge < -0.3 is 4.74 Å². The van der Waals surface area contributed by atoms with Gasteiger partial charge in [0.1, 0.15) is 5.41 Å². The van der Waals surface area contributed by atoms with Crippen molar-refractivity contribution in [3.05, 3.63) is 39.9 Å². The number of nitrogens with zero attached hydrogens (tertiary/aromatic N) is 1. The third-order valence-electron chi connectivity index (χ3n) is 2.60. The van der Waals surface area contributed by atoms with Gasteiger partial charge in [-0.25, -0.2) is 0 Å². The molecule has 18 heavy (non-hydrogen) atoms. The number of carbonyl (C=O) groups excluding carboxylic acids is 2. The summed E-state index contributed by atoms with van der Waals surface area (Å²) in [5.74, 6) is -1.09. The fourth-order valence-electron chi connectivity index (χ4n) is 1.44. The number of nitro groups is 1. The Bertz CT molecular complexity index is 490. The number of benzene rings is 1. The lowest BCUT2D eigenvalue weighted by molar-refractivity contribution is -0.384. The third kappa shape index (κ3) is 2.53. The summed E-state index contributed by atoms with van der Waals surface area (Å²) < 4.78 is 4.55. The molecule has 0 N–H and O–H groups in total. The van der Waals surface area contributed by atoms with Crippen LogP contribution in [0.1, 0.15) is 24.2 Å². The summed E-state index contributed by atoms with van der Waals surface area (Å²) in [7, 11) is 1.20. The number of rotatable bonds is 4. The lowest BCUT2D eigenvalue weighted by Gasteiger charge is -2.19. The van der Waals surface area contributed by atoms with Crippen molar-refractivity contribution in [2.45, 2.75) is 13.8 Å². The molecular formula is C12H13NO5. The molecule has 0 saturated heterocycles. The van der Waals surface area contributed by atoms with Gasteiger partial charge in [-0.15, -0.1) is 0 Å². The van der Waals surface area contributed by atoms with Crippen LogP contribution in [-0.4, -0.2) is 23.8 Å². The molecule has 0 aliphatic carbocycles. The quantitative estimate of drug-likeness (QED) is 0.268. The van der Waals surface area contributed by atoms with E-state index in [1.165, 1.54) is 45.2 Å². The number of Topliss-reactive ketones (excluding diaryl/α,β-unsaturated/α-hetero) is 1. The van der Waals surface area contributed by atoms with E-state index in [2.05, 4.69) is 4.74 Å². The number of hydrogen-bond acceptors (Lipinski definition) is 5. The molecule has 0 unspecified atom stereocenters. The van der Waals surface area contributed by atoms with Gasteiger partial charge in [-0.2, -0.15) is 0 Å². The van der Waals surface area contributed by atoms with Crippen LogP contribution >= 0.6 is 0 Å². The molecule has 0 aromatic heterocycles. The van der Waals surface area contributed by atoms with Crippen LogP contribution in [-0.2, 0) is 9.53 Å². The van der Waals surface area contributed by atoms with Crippen molar-refractivity contribution >= 4 is 17.4 Å². The van der Waals surface area contributed by atoms with Crippen LogP contribution in [0.4, 0.5) is 5.69 Å². The van der Waals surface area contributed by atoms with Crippen LogP contribution in [0.2, 0.25) is 0 Å². The van der Waals surface area contributed by atoms with Crippen LogP contribution in [0, 0.1) is 15.5 Å². The number of nitro benzene ring substituents is 1. The Balaban J connectivity index is 3.04. The van der Waals surface area contributed by atoms with Gasteiger partial charge in [0.15, 0.2) is 5.78 Å². The first-order valence-electron chi connectivity index (χ1n) is 5.18. The normalized spacial score (nSPS) is 10.8. The molecule has 6 nitrogen and oxygen atoms in total. The summed E-state index contributed by atoms with van der Waals surface area (Å²) in [5.41, 5.74) is -1.19. The van der Waals surface area contributed by atoms with E-state index in [9.17, 15) is 19.7 Å². The van der Waals surface area contributed by atoms with Crippen LogP contribution in [0.3, 0.4) is 0 Å². The molecule has 0 amide bonds. The SMILES string of the molecule is COC(=O)C(C)(C)C(=O)c1ccc([N+](=O)[O-])cc1. The fourth-order valence-corrected chi connectivity index (χ4v) is 1.44. The maximum Gasteiger partial charge on any atom is 0.319 e. The maximum atomic E-state index is 12.1. The van der Waals surface area contributed by atoms with E-state index >= 15 is 0 Å². The molecule has 0 spiro atoms. The fraction of sp³-hybridized carbons (Fsp3) is 0.333. The summed E-state index contributed by atoms with van der Waals surface area (Å²) in [5, 5.41) is 10.5. The van der Waals surface area contributed by atoms with Crippen molar-refractivity contribution in [2.75, 3.05) is 7.11 Å². The number of ether oxygens (including phenoxy) is 1. The average molecular weight is 251 g/mol. The lowest BCUT2D eigenvalue weighted by atomic mass is 9.84. The molecule has 0 aliphatic rings. The van der Waals surface area contributed by atoms with Crippen LogP contribution in [0.5, 0.6) is 0 Å². The summed E-state index contributed by atoms with van der Waals surface area (Å²) in [4.78, 5) is 33.5. The third-order valence-corrected chi connectivity index (χ3v) is 2.60. The second kappa shape index (κ2) is 4.95. The Kier molecular flexibility index (Phi) is 3.80. The molecule has 0 atom stereocenters. The molecule has 1 aromatic carbocycles. The highest BCUT2D eigenvalue weighted by Gasteiger charge is 2.37. The molecule has 1 aromatic rings. The molecule has 0 aliphatic heterocycles. The van der Waals surface area contributed by atoms with Gasteiger partial charge in [0.05, 0.1) is 12.0 Å². The highest BCUT2D eigenvalue weighted by Crippen LogP contribution is 2.24. The average Bonchev–Trinajstić information content (AvgIpc) is 2.36. The zero-order valence-electron chi connectivity index (χ0n) is 10.3. The Morgan fingerprint density at radius 2 is 1.72 bits per heavy atom. The number of non-ortho nitro benzene ring substituents is 1. The monoisotopic (exact) mass is 251 g/mol. The van der Waals surface area contributed by atoms with Gasteiger partial charge in [-0.3, -0.25) is 19.7 Å². The van der Waals surface area contributed by atoms with Crippen molar-refractivity contribution in [3.8, 4) is 0 Å². The number of hydrogen-bond donors (Lipinski definition) is 0. The van der Waals surface area contributed by atoms with Crippen LogP contribution in [0.25, 0.3) is 0 Å². The van der Waals surface area contributed by atoms with E-state index in [0.29, 0.717) is 0 Å². The lowest BCUT2D eigenvalue weighted by Crippen LogP contribution is -2.34. The molecule has 0 saturated carbocycles. The Labute approximate surface area is 104 Å². The van der Waals surface area contributed by atoms with E-state index in [1.54, 1.807) is 0 Å². The van der Waals surface area contributed by atoms with E-state index in [0.717, 1.165) is 0 Å². The van der Waals surface area contributed by atoms with E-state index in [4.69, 9.17) is 0 Å². The van der Waals surface area contributed by atoms with Gasteiger partial charge in [0, 0.05) is 17.7 Å². The zero-order valence-corrected chi connectivity index (χ0v) is 10.3. The Morgan fingerprint density at radius 3 is 2.11 bits per heavy atom. The number of esters is 1. The summed E-state index contributed by atoms with van der Waals surface area (Å²) in [6, 6.07) is 5.09. The molecular weight excluding hydrogens is 238 g/mol. The number of methoxy groups -OCH3 is 1. The predicted molar refractivity (Wildman–Crippen MR) is 63.2 cm³/mol. The van der Waals surface area contributed by atoms with Crippen molar-refractivity contribution in [3.63, 3.8) is 0 Å². The summed E-state index contributed by atoms with van der Waals surface area (Å²) in [6.45, 7) is 2.89. The second-order valence-electron chi connectivity index (χ2n) is 4.25. The number of ketones is 1. The van der Waals surface area contributed by atoms with Gasteiger partial charge in [0.25, 0.3) is 5.69 Å². The molecule has 1 rings (SSSR count). The van der Waals surface area contributed by atoms with E-state index < -0.39 is 22.1 Å². The topological polar surface area (TPSA) is 86.5 Å². The van der Waals surface area contributed by atoms with E-state index in [-0.39, 0.29) is 11.3 Å². The van der Waals surface area contributed by atoms with Crippen LogP contribution < -0.4 is 0 Å². The minimum Gasteiger partial charge on any atom is -0.468 e. The number of carbonyl (C=O) groups is 2. The van der Waals surface area contributed by atoms with Gasteiger partial charge in [0.2, 0.25) is 0 Å². The largest absolute Gasteiger partial charge is 0.468 e. The van der Waals surface area contributed by atoms with E-state index in [1.807, 2.05) is 0 Å². The zero-order chi connectivity index (χ0) is 13.9. The van der Waals surface area contributed by atoms with Crippen molar-refractivity contribution in [1.29, 1.82) is 0 Å². The highest BCUT2D eigenvalue weighted by atomic mass is 16.6. The molecule has 0 radical (unpaired) electrons. The first-order valence-corrected chi connectivity index (χ1v) is 5.18. The first kappa shape index (κ1) is 13.8. The smallest absolute Gasteiger partial charge is 0.319 e. The first-order chi connectivity index (χ1) is 8.30.